The van der Waals surface area contributed by atoms with Crippen LogP contribution in [0.3, 0.4) is 0 Å². The van der Waals surface area contributed by atoms with Gasteiger partial charge >= 0.3 is 0 Å². The maximum atomic E-state index is 12.3. The number of carbonyl (C=O) groups excluding carboxylic acids is 2. The first-order valence-electron chi connectivity index (χ1n) is 10.2. The van der Waals surface area contributed by atoms with Gasteiger partial charge in [0.25, 0.3) is 5.91 Å². The van der Waals surface area contributed by atoms with Crippen molar-refractivity contribution >= 4 is 35.0 Å². The molecule has 8 heteroatoms. The van der Waals surface area contributed by atoms with E-state index in [1.54, 1.807) is 13.2 Å². The lowest BCUT2D eigenvalue weighted by Crippen LogP contribution is -2.38. The molecular formula is C23H26Cl2N2O4. The summed E-state index contributed by atoms with van der Waals surface area (Å²) in [6.07, 6.45) is 4.73. The lowest BCUT2D eigenvalue weighted by atomic mass is 10.1. The number of hydrogen-bond donors (Lipinski definition) is 2. The van der Waals surface area contributed by atoms with Gasteiger partial charge in [0.2, 0.25) is 5.91 Å². The van der Waals surface area contributed by atoms with Crippen LogP contribution in [0.4, 0.5) is 0 Å². The van der Waals surface area contributed by atoms with E-state index in [0.717, 1.165) is 18.4 Å². The zero-order chi connectivity index (χ0) is 22.4. The molecule has 0 aliphatic heterocycles. The van der Waals surface area contributed by atoms with E-state index in [2.05, 4.69) is 10.6 Å². The Hall–Kier alpha value is -2.44. The van der Waals surface area contributed by atoms with Crippen molar-refractivity contribution in [1.82, 2.24) is 10.6 Å². The van der Waals surface area contributed by atoms with E-state index in [1.165, 1.54) is 25.0 Å². The first-order valence-corrected chi connectivity index (χ1v) is 11.0. The Balaban J connectivity index is 1.55. The maximum Gasteiger partial charge on any atom is 0.253 e. The number of methoxy groups -OCH3 is 1. The van der Waals surface area contributed by atoms with Crippen LogP contribution in [0.5, 0.6) is 11.5 Å². The fraction of sp³-hybridized carbons (Fsp3) is 0.391. The Bertz CT molecular complexity index is 945. The average molecular weight is 465 g/mol. The molecule has 0 radical (unpaired) electrons. The predicted molar refractivity (Wildman–Crippen MR) is 121 cm³/mol. The lowest BCUT2D eigenvalue weighted by Gasteiger charge is -2.19. The van der Waals surface area contributed by atoms with Gasteiger partial charge in [-0.05, 0) is 68.5 Å². The second kappa shape index (κ2) is 10.7. The fourth-order valence-corrected chi connectivity index (χ4v) is 4.04. The van der Waals surface area contributed by atoms with Crippen LogP contribution in [-0.2, 0) is 4.79 Å². The fourth-order valence-electron chi connectivity index (χ4n) is 3.54. The van der Waals surface area contributed by atoms with Crippen LogP contribution in [0.2, 0.25) is 10.0 Å². The highest BCUT2D eigenvalue weighted by Crippen LogP contribution is 2.33. The SMILES string of the molecule is COc1cc(C(C)NC(=O)CNC(=O)c2ccc(Cl)cc2Cl)ccc1OC1CCCC1. The Morgan fingerprint density at radius 2 is 1.84 bits per heavy atom. The van der Waals surface area contributed by atoms with E-state index in [0.29, 0.717) is 16.5 Å². The summed E-state index contributed by atoms with van der Waals surface area (Å²) in [5.74, 6) is 0.579. The number of benzene rings is 2. The predicted octanol–water partition coefficient (Wildman–Crippen LogP) is 4.93. The molecule has 2 aromatic carbocycles. The molecule has 6 nitrogen and oxygen atoms in total. The molecule has 0 spiro atoms. The zero-order valence-electron chi connectivity index (χ0n) is 17.5. The summed E-state index contributed by atoms with van der Waals surface area (Å²) >= 11 is 11.9. The summed E-state index contributed by atoms with van der Waals surface area (Å²) in [4.78, 5) is 24.6. The minimum atomic E-state index is -0.445. The average Bonchev–Trinajstić information content (AvgIpc) is 3.25. The van der Waals surface area contributed by atoms with E-state index >= 15 is 0 Å². The number of carbonyl (C=O) groups is 2. The van der Waals surface area contributed by atoms with E-state index in [4.69, 9.17) is 32.7 Å². The van der Waals surface area contributed by atoms with Crippen molar-refractivity contribution in [1.29, 1.82) is 0 Å². The highest BCUT2D eigenvalue weighted by molar-refractivity contribution is 6.36. The Morgan fingerprint density at radius 3 is 2.52 bits per heavy atom. The van der Waals surface area contributed by atoms with Gasteiger partial charge in [-0.15, -0.1) is 0 Å². The zero-order valence-corrected chi connectivity index (χ0v) is 19.1. The molecule has 0 aromatic heterocycles. The van der Waals surface area contributed by atoms with E-state index in [1.807, 2.05) is 25.1 Å². The number of hydrogen-bond acceptors (Lipinski definition) is 4. The molecule has 1 saturated carbocycles. The van der Waals surface area contributed by atoms with E-state index in [-0.39, 0.29) is 35.2 Å². The first kappa shape index (κ1) is 23.2. The van der Waals surface area contributed by atoms with Gasteiger partial charge in [-0.3, -0.25) is 9.59 Å². The summed E-state index contributed by atoms with van der Waals surface area (Å²) in [6, 6.07) is 9.93. The third-order valence-electron chi connectivity index (χ3n) is 5.25. The van der Waals surface area contributed by atoms with Gasteiger partial charge in [-0.25, -0.2) is 0 Å². The van der Waals surface area contributed by atoms with Gasteiger partial charge in [-0.2, -0.15) is 0 Å². The molecule has 2 aromatic rings. The lowest BCUT2D eigenvalue weighted by molar-refractivity contribution is -0.120. The largest absolute Gasteiger partial charge is 0.493 e. The van der Waals surface area contributed by atoms with Gasteiger partial charge in [0.1, 0.15) is 0 Å². The molecule has 0 heterocycles. The number of amides is 2. The third kappa shape index (κ3) is 6.28. The summed E-state index contributed by atoms with van der Waals surface area (Å²) < 4.78 is 11.5. The first-order chi connectivity index (χ1) is 14.9. The van der Waals surface area contributed by atoms with Crippen LogP contribution in [0.25, 0.3) is 0 Å². The van der Waals surface area contributed by atoms with Crippen molar-refractivity contribution in [3.63, 3.8) is 0 Å². The monoisotopic (exact) mass is 464 g/mol. The van der Waals surface area contributed by atoms with E-state index in [9.17, 15) is 9.59 Å². The minimum Gasteiger partial charge on any atom is -0.493 e. The molecule has 31 heavy (non-hydrogen) atoms. The summed E-state index contributed by atoms with van der Waals surface area (Å²) in [6.45, 7) is 1.68. The van der Waals surface area contributed by atoms with Gasteiger partial charge < -0.3 is 20.1 Å². The van der Waals surface area contributed by atoms with Crippen LogP contribution in [0, 0.1) is 0 Å². The topological polar surface area (TPSA) is 76.7 Å². The van der Waals surface area contributed by atoms with E-state index < -0.39 is 5.91 Å². The standard InChI is InChI=1S/C23H26Cl2N2O4/c1-14(15-7-10-20(21(11-15)30-2)31-17-5-3-4-6-17)27-22(28)13-26-23(29)18-9-8-16(24)12-19(18)25/h7-12,14,17H,3-6,13H2,1-2H3,(H,26,29)(H,27,28). The smallest absolute Gasteiger partial charge is 0.253 e. The molecule has 1 aliphatic carbocycles. The molecule has 2 amide bonds. The molecule has 0 saturated heterocycles. The third-order valence-corrected chi connectivity index (χ3v) is 5.79. The molecule has 1 unspecified atom stereocenters. The van der Waals surface area contributed by atoms with Crippen molar-refractivity contribution in [2.24, 2.45) is 0 Å². The normalized spacial score (nSPS) is 14.7. The van der Waals surface area contributed by atoms with Crippen LogP contribution in [-0.4, -0.2) is 31.6 Å². The highest BCUT2D eigenvalue weighted by atomic mass is 35.5. The number of halogens is 2. The molecule has 3 rings (SSSR count). The Labute approximate surface area is 192 Å². The van der Waals surface area contributed by atoms with Crippen LogP contribution in [0.15, 0.2) is 36.4 Å². The number of rotatable bonds is 8. The minimum absolute atomic E-state index is 0.178. The maximum absolute atomic E-state index is 12.3. The van der Waals surface area contributed by atoms with Gasteiger partial charge in [0, 0.05) is 5.02 Å². The number of ether oxygens (including phenoxy) is 2. The van der Waals surface area contributed by atoms with Gasteiger partial charge in [-0.1, -0.05) is 29.3 Å². The molecule has 1 fully saturated rings. The second-order valence-electron chi connectivity index (χ2n) is 7.53. The van der Waals surface area contributed by atoms with Crippen molar-refractivity contribution in [3.8, 4) is 11.5 Å². The molecule has 1 aliphatic rings. The van der Waals surface area contributed by atoms with Crippen molar-refractivity contribution in [2.75, 3.05) is 13.7 Å². The summed E-state index contributed by atoms with van der Waals surface area (Å²) in [7, 11) is 1.60. The summed E-state index contributed by atoms with van der Waals surface area (Å²) in [5.41, 5.74) is 1.13. The quantitative estimate of drug-likeness (QED) is 0.580. The second-order valence-corrected chi connectivity index (χ2v) is 8.37. The molecule has 0 bridgehead atoms. The van der Waals surface area contributed by atoms with Crippen LogP contribution in [0.1, 0.15) is 54.6 Å². The van der Waals surface area contributed by atoms with Crippen molar-refractivity contribution in [3.05, 3.63) is 57.6 Å². The molecule has 166 valence electrons. The van der Waals surface area contributed by atoms with Crippen molar-refractivity contribution in [2.45, 2.75) is 44.8 Å². The molecule has 2 N–H and O–H groups in total. The van der Waals surface area contributed by atoms with Crippen LogP contribution < -0.4 is 20.1 Å². The summed E-state index contributed by atoms with van der Waals surface area (Å²) in [5, 5.41) is 6.09. The highest BCUT2D eigenvalue weighted by Gasteiger charge is 2.20. The Morgan fingerprint density at radius 1 is 1.10 bits per heavy atom. The van der Waals surface area contributed by atoms with Gasteiger partial charge in [0.15, 0.2) is 11.5 Å². The van der Waals surface area contributed by atoms with Crippen molar-refractivity contribution < 1.29 is 19.1 Å². The number of nitrogens with one attached hydrogen (secondary N) is 2. The van der Waals surface area contributed by atoms with Gasteiger partial charge in [0.05, 0.1) is 36.4 Å². The van der Waals surface area contributed by atoms with Crippen LogP contribution >= 0.6 is 23.2 Å². The Kier molecular flexibility index (Phi) is 8.04. The molecular weight excluding hydrogens is 439 g/mol. The molecule has 1 atom stereocenters.